The average molecular weight is 258 g/mol. The highest BCUT2D eigenvalue weighted by molar-refractivity contribution is 5.86. The largest absolute Gasteiger partial charge is 0.381 e. The van der Waals surface area contributed by atoms with Gasteiger partial charge in [0.1, 0.15) is 0 Å². The second-order valence-electron chi connectivity index (χ2n) is 4.69. The molecule has 0 saturated carbocycles. The van der Waals surface area contributed by atoms with Crippen molar-refractivity contribution in [1.82, 2.24) is 0 Å². The highest BCUT2D eigenvalue weighted by atomic mass is 16.5. The predicted molar refractivity (Wildman–Crippen MR) is 72.8 cm³/mol. The van der Waals surface area contributed by atoms with Crippen molar-refractivity contribution in [3.8, 4) is 6.07 Å². The molecular weight excluding hydrogens is 240 g/mol. The Morgan fingerprint density at radius 2 is 2.21 bits per heavy atom. The van der Waals surface area contributed by atoms with Crippen LogP contribution in [0.3, 0.4) is 0 Å². The zero-order valence-corrected chi connectivity index (χ0v) is 10.9. The van der Waals surface area contributed by atoms with Crippen molar-refractivity contribution in [3.05, 3.63) is 30.3 Å². The predicted octanol–water partition coefficient (Wildman–Crippen LogP) is 2.01. The molecule has 1 aliphatic heterocycles. The first-order valence-corrected chi connectivity index (χ1v) is 6.58. The summed E-state index contributed by atoms with van der Waals surface area (Å²) in [4.78, 5) is 14.2. The molecule has 1 aromatic carbocycles. The van der Waals surface area contributed by atoms with Crippen molar-refractivity contribution in [1.29, 1.82) is 5.26 Å². The van der Waals surface area contributed by atoms with Crippen molar-refractivity contribution < 1.29 is 9.53 Å². The van der Waals surface area contributed by atoms with Crippen LogP contribution < -0.4 is 4.90 Å². The Labute approximate surface area is 113 Å². The summed E-state index contributed by atoms with van der Waals surface area (Å²) in [7, 11) is 0. The number of hydrogen-bond acceptors (Lipinski definition) is 4. The summed E-state index contributed by atoms with van der Waals surface area (Å²) < 4.78 is 5.25. The van der Waals surface area contributed by atoms with Gasteiger partial charge in [-0.1, -0.05) is 18.2 Å². The second kappa shape index (κ2) is 6.91. The Balaban J connectivity index is 2.01. The highest BCUT2D eigenvalue weighted by Crippen LogP contribution is 2.18. The van der Waals surface area contributed by atoms with Crippen LogP contribution in [0.2, 0.25) is 0 Å². The first-order chi connectivity index (χ1) is 9.31. The summed E-state index contributed by atoms with van der Waals surface area (Å²) in [6.45, 7) is 2.17. The van der Waals surface area contributed by atoms with Crippen molar-refractivity contribution in [3.63, 3.8) is 0 Å². The van der Waals surface area contributed by atoms with Crippen LogP contribution in [0.5, 0.6) is 0 Å². The molecular formula is C15H18N2O2. The van der Waals surface area contributed by atoms with Crippen molar-refractivity contribution in [2.75, 3.05) is 31.2 Å². The maximum Gasteiger partial charge on any atom is 0.157 e. The van der Waals surface area contributed by atoms with Gasteiger partial charge in [-0.15, -0.1) is 0 Å². The van der Waals surface area contributed by atoms with Gasteiger partial charge in [0.2, 0.25) is 0 Å². The van der Waals surface area contributed by atoms with E-state index in [4.69, 9.17) is 10.00 Å². The summed E-state index contributed by atoms with van der Waals surface area (Å²) in [6, 6.07) is 11.9. The van der Waals surface area contributed by atoms with E-state index in [0.29, 0.717) is 32.7 Å². The zero-order valence-electron chi connectivity index (χ0n) is 10.9. The molecule has 0 aliphatic carbocycles. The maximum absolute atomic E-state index is 12.2. The molecule has 0 bridgehead atoms. The number of benzene rings is 1. The molecule has 0 amide bonds. The standard InChI is InChI=1S/C15H18N2O2/c16-8-4-9-17(14-5-2-1-3-6-14)11-15(18)13-7-10-19-12-13/h1-3,5-6,13H,4,7,9-12H2. The highest BCUT2D eigenvalue weighted by Gasteiger charge is 2.25. The van der Waals surface area contributed by atoms with Gasteiger partial charge >= 0.3 is 0 Å². The molecule has 0 radical (unpaired) electrons. The van der Waals surface area contributed by atoms with Crippen LogP contribution in [0.1, 0.15) is 12.8 Å². The Hall–Kier alpha value is -1.86. The number of Topliss-reactive ketones (excluding diaryl/α,β-unsaturated/α-hetero) is 1. The molecule has 2 rings (SSSR count). The summed E-state index contributed by atoms with van der Waals surface area (Å²) in [6.07, 6.45) is 1.24. The molecule has 0 N–H and O–H groups in total. The van der Waals surface area contributed by atoms with E-state index >= 15 is 0 Å². The minimum atomic E-state index is 0.0216. The minimum absolute atomic E-state index is 0.0216. The number of carbonyl (C=O) groups excluding carboxylic acids is 1. The molecule has 1 atom stereocenters. The van der Waals surface area contributed by atoms with E-state index in [2.05, 4.69) is 6.07 Å². The van der Waals surface area contributed by atoms with Crippen LogP contribution in [0, 0.1) is 17.2 Å². The van der Waals surface area contributed by atoms with Gasteiger partial charge in [0.25, 0.3) is 0 Å². The molecule has 1 aliphatic rings. The van der Waals surface area contributed by atoms with Crippen LogP contribution in [0.25, 0.3) is 0 Å². The van der Waals surface area contributed by atoms with Crippen LogP contribution >= 0.6 is 0 Å². The van der Waals surface area contributed by atoms with Gasteiger partial charge in [0, 0.05) is 24.8 Å². The SMILES string of the molecule is N#CCCN(CC(=O)C1CCOC1)c1ccccc1. The number of hydrogen-bond donors (Lipinski definition) is 0. The van der Waals surface area contributed by atoms with E-state index in [1.54, 1.807) is 0 Å². The van der Waals surface area contributed by atoms with Gasteiger partial charge < -0.3 is 9.64 Å². The van der Waals surface area contributed by atoms with Crippen LogP contribution in [-0.2, 0) is 9.53 Å². The molecule has 1 heterocycles. The number of para-hydroxylation sites is 1. The van der Waals surface area contributed by atoms with Crippen molar-refractivity contribution >= 4 is 11.5 Å². The molecule has 4 nitrogen and oxygen atoms in total. The minimum Gasteiger partial charge on any atom is -0.381 e. The summed E-state index contributed by atoms with van der Waals surface area (Å²) in [5.74, 6) is 0.229. The van der Waals surface area contributed by atoms with Gasteiger partial charge in [-0.2, -0.15) is 5.26 Å². The van der Waals surface area contributed by atoms with Crippen LogP contribution in [-0.4, -0.2) is 32.1 Å². The number of rotatable bonds is 6. The monoisotopic (exact) mass is 258 g/mol. The lowest BCUT2D eigenvalue weighted by Crippen LogP contribution is -2.34. The third-order valence-corrected chi connectivity index (χ3v) is 3.35. The molecule has 19 heavy (non-hydrogen) atoms. The van der Waals surface area contributed by atoms with Gasteiger partial charge in [-0.3, -0.25) is 4.79 Å². The normalized spacial score (nSPS) is 17.9. The van der Waals surface area contributed by atoms with Crippen LogP contribution in [0.15, 0.2) is 30.3 Å². The van der Waals surface area contributed by atoms with Gasteiger partial charge in [-0.25, -0.2) is 0 Å². The Morgan fingerprint density at radius 1 is 1.42 bits per heavy atom. The number of carbonyl (C=O) groups is 1. The first kappa shape index (κ1) is 13.6. The quantitative estimate of drug-likeness (QED) is 0.783. The number of ether oxygens (including phenoxy) is 1. The molecule has 4 heteroatoms. The molecule has 1 fully saturated rings. The second-order valence-corrected chi connectivity index (χ2v) is 4.69. The Kier molecular flexibility index (Phi) is 4.93. The first-order valence-electron chi connectivity index (χ1n) is 6.58. The lowest BCUT2D eigenvalue weighted by molar-refractivity contribution is -0.121. The number of anilines is 1. The topological polar surface area (TPSA) is 53.3 Å². The fourth-order valence-corrected chi connectivity index (χ4v) is 2.23. The molecule has 0 aromatic heterocycles. The van der Waals surface area contributed by atoms with Gasteiger partial charge in [0.15, 0.2) is 5.78 Å². The fraction of sp³-hybridized carbons (Fsp3) is 0.467. The van der Waals surface area contributed by atoms with Crippen LogP contribution in [0.4, 0.5) is 5.69 Å². The lowest BCUT2D eigenvalue weighted by atomic mass is 10.0. The summed E-state index contributed by atoms with van der Waals surface area (Å²) in [5, 5.41) is 8.73. The van der Waals surface area contributed by atoms with E-state index in [1.165, 1.54) is 0 Å². The Bertz CT molecular complexity index is 447. The smallest absolute Gasteiger partial charge is 0.157 e. The van der Waals surface area contributed by atoms with Gasteiger partial charge in [0.05, 0.1) is 25.6 Å². The summed E-state index contributed by atoms with van der Waals surface area (Å²) in [5.41, 5.74) is 0.991. The number of nitriles is 1. The maximum atomic E-state index is 12.2. The van der Waals surface area contributed by atoms with Crippen molar-refractivity contribution in [2.45, 2.75) is 12.8 Å². The van der Waals surface area contributed by atoms with E-state index in [1.807, 2.05) is 35.2 Å². The lowest BCUT2D eigenvalue weighted by Gasteiger charge is -2.24. The summed E-state index contributed by atoms with van der Waals surface area (Å²) >= 11 is 0. The fourth-order valence-electron chi connectivity index (χ4n) is 2.23. The van der Waals surface area contributed by atoms with E-state index < -0.39 is 0 Å². The molecule has 1 aromatic rings. The molecule has 0 spiro atoms. The number of ketones is 1. The van der Waals surface area contributed by atoms with Gasteiger partial charge in [-0.05, 0) is 18.6 Å². The van der Waals surface area contributed by atoms with E-state index in [9.17, 15) is 4.79 Å². The third kappa shape index (κ3) is 3.80. The van der Waals surface area contributed by atoms with E-state index in [0.717, 1.165) is 12.1 Å². The third-order valence-electron chi connectivity index (χ3n) is 3.35. The molecule has 1 unspecified atom stereocenters. The molecule has 1 saturated heterocycles. The zero-order chi connectivity index (χ0) is 13.5. The van der Waals surface area contributed by atoms with Crippen molar-refractivity contribution in [2.24, 2.45) is 5.92 Å². The van der Waals surface area contributed by atoms with E-state index in [-0.39, 0.29) is 11.7 Å². The molecule has 100 valence electrons. The Morgan fingerprint density at radius 3 is 2.84 bits per heavy atom. The number of nitrogens with zero attached hydrogens (tertiary/aromatic N) is 2. The average Bonchev–Trinajstić information content (AvgIpc) is 2.98.